The number of rotatable bonds is 4. The summed E-state index contributed by atoms with van der Waals surface area (Å²) in [5.74, 6) is -0.566. The maximum atomic E-state index is 13.3. The third-order valence-electron chi connectivity index (χ3n) is 5.68. The van der Waals surface area contributed by atoms with Gasteiger partial charge in [0, 0.05) is 22.9 Å². The van der Waals surface area contributed by atoms with Gasteiger partial charge < -0.3 is 4.74 Å². The van der Waals surface area contributed by atoms with Gasteiger partial charge in [-0.25, -0.2) is 4.79 Å². The monoisotopic (exact) mass is 395 g/mol. The maximum absolute atomic E-state index is 13.3. The van der Waals surface area contributed by atoms with Crippen molar-refractivity contribution in [2.75, 3.05) is 4.90 Å². The first-order chi connectivity index (χ1) is 14.7. The molecule has 0 unspecified atom stereocenters. The molecule has 0 aromatic heterocycles. The van der Waals surface area contributed by atoms with E-state index in [-0.39, 0.29) is 12.5 Å². The second kappa shape index (κ2) is 7.64. The molecule has 1 aliphatic heterocycles. The van der Waals surface area contributed by atoms with Crippen LogP contribution in [-0.4, -0.2) is 11.9 Å². The molecule has 3 aromatic carbocycles. The number of hydrogen-bond acceptors (Lipinski definition) is 3. The van der Waals surface area contributed by atoms with Crippen molar-refractivity contribution in [2.45, 2.75) is 25.9 Å². The van der Waals surface area contributed by atoms with E-state index in [4.69, 9.17) is 4.74 Å². The van der Waals surface area contributed by atoms with E-state index in [1.54, 1.807) is 4.90 Å². The van der Waals surface area contributed by atoms with Crippen LogP contribution in [0.4, 0.5) is 5.69 Å². The lowest BCUT2D eigenvalue weighted by Crippen LogP contribution is -2.23. The number of para-hydroxylation sites is 1. The first-order valence-electron chi connectivity index (χ1n) is 10.2. The highest BCUT2D eigenvalue weighted by molar-refractivity contribution is 6.24. The molecule has 0 spiro atoms. The van der Waals surface area contributed by atoms with Crippen LogP contribution < -0.4 is 4.90 Å². The average Bonchev–Trinajstić information content (AvgIpc) is 3.35. The quantitative estimate of drug-likeness (QED) is 0.465. The summed E-state index contributed by atoms with van der Waals surface area (Å²) in [7, 11) is 0. The number of esters is 1. The first kappa shape index (κ1) is 18.4. The summed E-state index contributed by atoms with van der Waals surface area (Å²) in [5.41, 5.74) is 6.20. The van der Waals surface area contributed by atoms with Gasteiger partial charge in [0.1, 0.15) is 6.61 Å². The van der Waals surface area contributed by atoms with Crippen LogP contribution in [0.2, 0.25) is 0 Å². The number of hydrogen-bond donors (Lipinski definition) is 0. The second-order valence-electron chi connectivity index (χ2n) is 7.62. The SMILES string of the molecule is O=C(/C=C1\c2cc3c(cc2C(=O)N1c1ccccc1)CCC3)OCc1ccccc1. The average molecular weight is 395 g/mol. The summed E-state index contributed by atoms with van der Waals surface area (Å²) in [6, 6.07) is 23.1. The fourth-order valence-electron chi connectivity index (χ4n) is 4.22. The summed E-state index contributed by atoms with van der Waals surface area (Å²) < 4.78 is 5.46. The fourth-order valence-corrected chi connectivity index (χ4v) is 4.22. The largest absolute Gasteiger partial charge is 0.458 e. The van der Waals surface area contributed by atoms with Crippen molar-refractivity contribution >= 4 is 23.3 Å². The third-order valence-corrected chi connectivity index (χ3v) is 5.68. The van der Waals surface area contributed by atoms with E-state index >= 15 is 0 Å². The molecule has 2 aliphatic rings. The number of benzene rings is 3. The molecule has 0 fully saturated rings. The third kappa shape index (κ3) is 3.30. The van der Waals surface area contributed by atoms with Crippen molar-refractivity contribution in [2.24, 2.45) is 0 Å². The van der Waals surface area contributed by atoms with Crippen LogP contribution >= 0.6 is 0 Å². The smallest absolute Gasteiger partial charge is 0.333 e. The first-order valence-corrected chi connectivity index (χ1v) is 10.2. The number of ether oxygens (including phenoxy) is 1. The van der Waals surface area contributed by atoms with Gasteiger partial charge in [0.05, 0.1) is 5.70 Å². The Kier molecular flexibility index (Phi) is 4.68. The lowest BCUT2D eigenvalue weighted by molar-refractivity contribution is -0.138. The van der Waals surface area contributed by atoms with Crippen LogP contribution in [0.1, 0.15) is 39.0 Å². The van der Waals surface area contributed by atoms with Crippen molar-refractivity contribution in [3.8, 4) is 0 Å². The normalized spacial score (nSPS) is 15.9. The molecule has 1 heterocycles. The molecule has 4 heteroatoms. The number of carbonyl (C=O) groups excluding carboxylic acids is 2. The lowest BCUT2D eigenvalue weighted by atomic mass is 10.0. The molecule has 148 valence electrons. The highest BCUT2D eigenvalue weighted by atomic mass is 16.5. The topological polar surface area (TPSA) is 46.6 Å². The molecule has 1 aliphatic carbocycles. The number of fused-ring (bicyclic) bond motifs is 2. The maximum Gasteiger partial charge on any atom is 0.333 e. The van der Waals surface area contributed by atoms with Crippen LogP contribution in [-0.2, 0) is 29.0 Å². The molecule has 0 saturated carbocycles. The van der Waals surface area contributed by atoms with Gasteiger partial charge in [-0.15, -0.1) is 0 Å². The molecule has 3 aromatic rings. The molecule has 0 bridgehead atoms. The Labute approximate surface area is 175 Å². The van der Waals surface area contributed by atoms with Gasteiger partial charge in [-0.1, -0.05) is 48.5 Å². The number of nitrogens with zero attached hydrogens (tertiary/aromatic N) is 1. The van der Waals surface area contributed by atoms with E-state index in [2.05, 4.69) is 6.07 Å². The Balaban J connectivity index is 1.52. The number of carbonyl (C=O) groups is 2. The Bertz CT molecular complexity index is 1150. The number of amides is 1. The van der Waals surface area contributed by atoms with E-state index < -0.39 is 5.97 Å². The van der Waals surface area contributed by atoms with Gasteiger partial charge in [-0.2, -0.15) is 0 Å². The molecule has 1 amide bonds. The Hall–Kier alpha value is -3.66. The molecule has 0 N–H and O–H groups in total. The second-order valence-corrected chi connectivity index (χ2v) is 7.62. The van der Waals surface area contributed by atoms with Gasteiger partial charge in [-0.05, 0) is 60.2 Å². The summed E-state index contributed by atoms with van der Waals surface area (Å²) in [5, 5.41) is 0. The van der Waals surface area contributed by atoms with Gasteiger partial charge in [0.2, 0.25) is 0 Å². The lowest BCUT2D eigenvalue weighted by Gasteiger charge is -2.18. The van der Waals surface area contributed by atoms with E-state index in [1.807, 2.05) is 66.7 Å². The van der Waals surface area contributed by atoms with E-state index in [0.717, 1.165) is 36.1 Å². The fraction of sp³-hybridized carbons (Fsp3) is 0.154. The van der Waals surface area contributed by atoms with Gasteiger partial charge in [-0.3, -0.25) is 9.69 Å². The molecular weight excluding hydrogens is 374 g/mol. The van der Waals surface area contributed by atoms with Crippen molar-refractivity contribution in [3.05, 3.63) is 107 Å². The van der Waals surface area contributed by atoms with Crippen molar-refractivity contribution in [1.82, 2.24) is 0 Å². The van der Waals surface area contributed by atoms with Crippen LogP contribution in [0.25, 0.3) is 5.70 Å². The Morgan fingerprint density at radius 1 is 0.900 bits per heavy atom. The van der Waals surface area contributed by atoms with Crippen LogP contribution in [0, 0.1) is 0 Å². The van der Waals surface area contributed by atoms with Crippen LogP contribution in [0.15, 0.2) is 78.9 Å². The minimum atomic E-state index is -0.462. The number of aryl methyl sites for hydroxylation is 2. The van der Waals surface area contributed by atoms with Gasteiger partial charge in [0.25, 0.3) is 5.91 Å². The van der Waals surface area contributed by atoms with E-state index in [1.165, 1.54) is 17.2 Å². The summed E-state index contributed by atoms with van der Waals surface area (Å²) in [6.45, 7) is 0.194. The predicted octanol–water partition coefficient (Wildman–Crippen LogP) is 4.92. The zero-order chi connectivity index (χ0) is 20.5. The van der Waals surface area contributed by atoms with E-state index in [9.17, 15) is 9.59 Å². The molecule has 30 heavy (non-hydrogen) atoms. The Morgan fingerprint density at radius 2 is 1.53 bits per heavy atom. The standard InChI is InChI=1S/C26H21NO3/c28-25(30-17-18-8-3-1-4-9-18)16-24-22-14-19-10-7-11-20(19)15-23(22)26(29)27(24)21-12-5-2-6-13-21/h1-6,8-9,12-16H,7,10-11,17H2/b24-16+. The van der Waals surface area contributed by atoms with Crippen LogP contribution in [0.5, 0.6) is 0 Å². The van der Waals surface area contributed by atoms with E-state index in [0.29, 0.717) is 11.3 Å². The minimum absolute atomic E-state index is 0.104. The molecule has 5 rings (SSSR count). The van der Waals surface area contributed by atoms with Gasteiger partial charge >= 0.3 is 5.97 Å². The zero-order valence-electron chi connectivity index (χ0n) is 16.5. The van der Waals surface area contributed by atoms with Crippen molar-refractivity contribution in [1.29, 1.82) is 0 Å². The molecular formula is C26H21NO3. The van der Waals surface area contributed by atoms with Gasteiger partial charge in [0.15, 0.2) is 0 Å². The summed E-state index contributed by atoms with van der Waals surface area (Å²) in [4.78, 5) is 27.6. The highest BCUT2D eigenvalue weighted by Gasteiger charge is 2.35. The highest BCUT2D eigenvalue weighted by Crippen LogP contribution is 2.39. The summed E-state index contributed by atoms with van der Waals surface area (Å²) in [6.07, 6.45) is 4.56. The number of anilines is 1. The predicted molar refractivity (Wildman–Crippen MR) is 116 cm³/mol. The molecule has 0 saturated heterocycles. The van der Waals surface area contributed by atoms with Crippen molar-refractivity contribution < 1.29 is 14.3 Å². The summed E-state index contributed by atoms with van der Waals surface area (Å²) >= 11 is 0. The molecule has 4 nitrogen and oxygen atoms in total. The molecule has 0 atom stereocenters. The van der Waals surface area contributed by atoms with Crippen LogP contribution in [0.3, 0.4) is 0 Å². The minimum Gasteiger partial charge on any atom is -0.458 e. The Morgan fingerprint density at radius 3 is 2.23 bits per heavy atom. The van der Waals surface area contributed by atoms with Crippen molar-refractivity contribution in [3.63, 3.8) is 0 Å². The molecule has 0 radical (unpaired) electrons. The zero-order valence-corrected chi connectivity index (χ0v) is 16.5.